The van der Waals surface area contributed by atoms with Crippen molar-refractivity contribution in [1.82, 2.24) is 9.88 Å². The van der Waals surface area contributed by atoms with Crippen LogP contribution in [0.25, 0.3) is 10.4 Å². The lowest BCUT2D eigenvalue weighted by Gasteiger charge is -2.44. The number of hydrogen-bond donors (Lipinski definition) is 1. The molecule has 138 valence electrons. The minimum absolute atomic E-state index is 0.246. The summed E-state index contributed by atoms with van der Waals surface area (Å²) in [4.78, 5) is 19.7. The molecule has 0 aliphatic carbocycles. The maximum atomic E-state index is 13.5. The monoisotopic (exact) mass is 375 g/mol. The van der Waals surface area contributed by atoms with Gasteiger partial charge < -0.3 is 9.64 Å². The van der Waals surface area contributed by atoms with Crippen LogP contribution in [-0.2, 0) is 4.74 Å². The lowest BCUT2D eigenvalue weighted by atomic mass is 9.79. The summed E-state index contributed by atoms with van der Waals surface area (Å²) < 4.78 is 19.0. The molecule has 3 fully saturated rings. The van der Waals surface area contributed by atoms with Gasteiger partial charge in [0, 0.05) is 12.5 Å². The van der Waals surface area contributed by atoms with E-state index in [4.69, 9.17) is 4.74 Å². The number of piperidine rings is 3. The van der Waals surface area contributed by atoms with Gasteiger partial charge in [0.2, 0.25) is 0 Å². The van der Waals surface area contributed by atoms with Crippen LogP contribution in [0, 0.1) is 24.6 Å². The van der Waals surface area contributed by atoms with E-state index in [2.05, 4.69) is 15.2 Å². The number of ether oxygens (including phenoxy) is 1. The number of aryl methyl sites for hydroxylation is 1. The molecule has 5 rings (SSSR count). The lowest BCUT2D eigenvalue weighted by molar-refractivity contribution is 0.0151. The van der Waals surface area contributed by atoms with Gasteiger partial charge in [-0.3, -0.25) is 5.32 Å². The van der Waals surface area contributed by atoms with E-state index < -0.39 is 6.09 Å². The van der Waals surface area contributed by atoms with Gasteiger partial charge in [0.25, 0.3) is 0 Å². The molecular formula is C19H22FN3O2S. The average Bonchev–Trinajstić information content (AvgIpc) is 3.11. The van der Waals surface area contributed by atoms with Crippen LogP contribution in [0.3, 0.4) is 0 Å². The Morgan fingerprint density at radius 3 is 2.92 bits per heavy atom. The highest BCUT2D eigenvalue weighted by atomic mass is 32.1. The van der Waals surface area contributed by atoms with E-state index in [-0.39, 0.29) is 5.82 Å². The molecule has 1 unspecified atom stereocenters. The summed E-state index contributed by atoms with van der Waals surface area (Å²) in [6.07, 6.45) is 1.93. The molecule has 26 heavy (non-hydrogen) atoms. The number of rotatable bonds is 4. The summed E-state index contributed by atoms with van der Waals surface area (Å²) in [5.74, 6) is 1.31. The van der Waals surface area contributed by atoms with Crippen molar-refractivity contribution < 1.29 is 13.9 Å². The van der Waals surface area contributed by atoms with Crippen molar-refractivity contribution in [2.45, 2.75) is 19.8 Å². The molecule has 1 amide bonds. The van der Waals surface area contributed by atoms with E-state index >= 15 is 0 Å². The SMILES string of the molecule is Cc1cc(-c2scnc2NC(=O)OCC2CN3CCC2CC3)ccc1F. The highest BCUT2D eigenvalue weighted by Crippen LogP contribution is 2.34. The molecule has 1 aromatic heterocycles. The molecule has 5 nitrogen and oxygen atoms in total. The second-order valence-corrected chi connectivity index (χ2v) is 7.97. The summed E-state index contributed by atoms with van der Waals surface area (Å²) in [6, 6.07) is 4.88. The summed E-state index contributed by atoms with van der Waals surface area (Å²) in [7, 11) is 0. The van der Waals surface area contributed by atoms with Crippen LogP contribution in [0.5, 0.6) is 0 Å². The molecule has 4 heterocycles. The molecule has 0 spiro atoms. The molecular weight excluding hydrogens is 353 g/mol. The Labute approximate surface area is 156 Å². The van der Waals surface area contributed by atoms with Gasteiger partial charge in [-0.15, -0.1) is 11.3 Å². The first-order chi connectivity index (χ1) is 12.6. The van der Waals surface area contributed by atoms with Gasteiger partial charge in [0.15, 0.2) is 5.82 Å². The smallest absolute Gasteiger partial charge is 0.412 e. The van der Waals surface area contributed by atoms with E-state index in [1.165, 1.54) is 43.3 Å². The third kappa shape index (κ3) is 3.59. The Bertz CT molecular complexity index is 802. The molecule has 1 N–H and O–H groups in total. The number of thiazole rings is 1. The molecule has 2 bridgehead atoms. The summed E-state index contributed by atoms with van der Waals surface area (Å²) >= 11 is 1.40. The molecule has 3 saturated heterocycles. The number of nitrogens with one attached hydrogen (secondary N) is 1. The first-order valence-electron chi connectivity index (χ1n) is 8.96. The zero-order valence-electron chi connectivity index (χ0n) is 14.7. The van der Waals surface area contributed by atoms with E-state index in [0.717, 1.165) is 17.0 Å². The van der Waals surface area contributed by atoms with Crippen LogP contribution in [0.2, 0.25) is 0 Å². The molecule has 7 heteroatoms. The Balaban J connectivity index is 1.38. The van der Waals surface area contributed by atoms with Crippen molar-refractivity contribution in [2.24, 2.45) is 11.8 Å². The van der Waals surface area contributed by atoms with Crippen LogP contribution in [0.1, 0.15) is 18.4 Å². The van der Waals surface area contributed by atoms with E-state index in [1.807, 2.05) is 0 Å². The van der Waals surface area contributed by atoms with Gasteiger partial charge in [0.05, 0.1) is 17.0 Å². The predicted molar refractivity (Wildman–Crippen MR) is 99.9 cm³/mol. The maximum absolute atomic E-state index is 13.5. The standard InChI is InChI=1S/C19H22FN3O2S/c1-12-8-14(2-3-16(12)20)17-18(21-11-26-17)22-19(24)25-10-15-9-23-6-4-13(15)5-7-23/h2-3,8,11,13,15H,4-7,9-10H2,1H3,(H,22,24). The van der Waals surface area contributed by atoms with E-state index in [0.29, 0.717) is 29.8 Å². The zero-order valence-corrected chi connectivity index (χ0v) is 15.5. The Hall–Kier alpha value is -1.99. The topological polar surface area (TPSA) is 54.5 Å². The third-order valence-electron chi connectivity index (χ3n) is 5.43. The molecule has 1 aromatic carbocycles. The summed E-state index contributed by atoms with van der Waals surface area (Å²) in [5.41, 5.74) is 3.06. The number of carbonyl (C=O) groups excluding carboxylic acids is 1. The van der Waals surface area contributed by atoms with Crippen LogP contribution < -0.4 is 5.32 Å². The van der Waals surface area contributed by atoms with Crippen LogP contribution in [-0.4, -0.2) is 42.2 Å². The van der Waals surface area contributed by atoms with Gasteiger partial charge in [-0.25, -0.2) is 14.2 Å². The number of hydrogen-bond acceptors (Lipinski definition) is 5. The predicted octanol–water partition coefficient (Wildman–Crippen LogP) is 4.15. The largest absolute Gasteiger partial charge is 0.449 e. The maximum Gasteiger partial charge on any atom is 0.412 e. The second kappa shape index (κ2) is 7.32. The Kier molecular flexibility index (Phi) is 4.91. The normalized spacial score (nSPS) is 24.5. The molecule has 2 aromatic rings. The Morgan fingerprint density at radius 1 is 1.42 bits per heavy atom. The van der Waals surface area contributed by atoms with E-state index in [9.17, 15) is 9.18 Å². The van der Waals surface area contributed by atoms with Crippen molar-refractivity contribution in [3.05, 3.63) is 35.1 Å². The first-order valence-corrected chi connectivity index (χ1v) is 9.84. The van der Waals surface area contributed by atoms with Crippen molar-refractivity contribution >= 4 is 23.2 Å². The number of carbonyl (C=O) groups is 1. The average molecular weight is 375 g/mol. The third-order valence-corrected chi connectivity index (χ3v) is 6.30. The van der Waals surface area contributed by atoms with E-state index in [1.54, 1.807) is 24.6 Å². The highest BCUT2D eigenvalue weighted by Gasteiger charge is 2.34. The quantitative estimate of drug-likeness (QED) is 0.872. The number of fused-ring (bicyclic) bond motifs is 3. The van der Waals surface area contributed by atoms with Crippen molar-refractivity contribution in [3.63, 3.8) is 0 Å². The molecule has 0 radical (unpaired) electrons. The molecule has 3 aliphatic heterocycles. The van der Waals surface area contributed by atoms with Crippen LogP contribution in [0.15, 0.2) is 23.7 Å². The van der Waals surface area contributed by atoms with Gasteiger partial charge >= 0.3 is 6.09 Å². The van der Waals surface area contributed by atoms with Crippen LogP contribution in [0.4, 0.5) is 15.0 Å². The first kappa shape index (κ1) is 17.4. The van der Waals surface area contributed by atoms with Gasteiger partial charge in [-0.05, 0) is 62.0 Å². The summed E-state index contributed by atoms with van der Waals surface area (Å²) in [6.45, 7) is 5.53. The fourth-order valence-corrected chi connectivity index (χ4v) is 4.66. The minimum Gasteiger partial charge on any atom is -0.449 e. The fraction of sp³-hybridized carbons (Fsp3) is 0.474. The zero-order chi connectivity index (χ0) is 18.1. The Morgan fingerprint density at radius 2 is 2.23 bits per heavy atom. The van der Waals surface area contributed by atoms with Gasteiger partial charge in [-0.1, -0.05) is 6.07 Å². The number of anilines is 1. The van der Waals surface area contributed by atoms with Gasteiger partial charge in [-0.2, -0.15) is 0 Å². The van der Waals surface area contributed by atoms with Gasteiger partial charge in [0.1, 0.15) is 5.82 Å². The number of halogens is 1. The van der Waals surface area contributed by atoms with Crippen LogP contribution >= 0.6 is 11.3 Å². The van der Waals surface area contributed by atoms with Crippen molar-refractivity contribution in [3.8, 4) is 10.4 Å². The molecule has 1 atom stereocenters. The minimum atomic E-state index is -0.479. The number of amides is 1. The van der Waals surface area contributed by atoms with Crippen molar-refractivity contribution in [2.75, 3.05) is 31.6 Å². The highest BCUT2D eigenvalue weighted by molar-refractivity contribution is 7.13. The number of benzene rings is 1. The fourth-order valence-electron chi connectivity index (χ4n) is 3.92. The number of nitrogens with zero attached hydrogens (tertiary/aromatic N) is 2. The number of aromatic nitrogens is 1. The second-order valence-electron chi connectivity index (χ2n) is 7.12. The van der Waals surface area contributed by atoms with Crippen molar-refractivity contribution in [1.29, 1.82) is 0 Å². The molecule has 3 aliphatic rings. The summed E-state index contributed by atoms with van der Waals surface area (Å²) in [5, 5.41) is 2.74. The lowest BCUT2D eigenvalue weighted by Crippen LogP contribution is -2.49. The molecule has 0 saturated carbocycles.